The zero-order chi connectivity index (χ0) is 39.0. The van der Waals surface area contributed by atoms with Crippen LogP contribution in [0.5, 0.6) is 17.2 Å². The molecule has 0 aliphatic rings. The van der Waals surface area contributed by atoms with Crippen molar-refractivity contribution in [2.45, 2.75) is 45.6 Å². The van der Waals surface area contributed by atoms with Gasteiger partial charge in [-0.2, -0.15) is 0 Å². The number of hydrogen-bond acceptors (Lipinski definition) is 11. The predicted octanol–water partition coefficient (Wildman–Crippen LogP) is 5.35. The normalized spacial score (nSPS) is 10.9. The summed E-state index contributed by atoms with van der Waals surface area (Å²) in [5, 5.41) is 18.5. The van der Waals surface area contributed by atoms with Crippen LogP contribution in [0.1, 0.15) is 50.3 Å². The first-order valence-electron chi connectivity index (χ1n) is 16.7. The first kappa shape index (κ1) is 41.5. The Bertz CT molecular complexity index is 1670. The van der Waals surface area contributed by atoms with E-state index in [4.69, 9.17) is 23.7 Å². The first-order valence-corrected chi connectivity index (χ1v) is 16.7. The molecule has 3 aromatic carbocycles. The van der Waals surface area contributed by atoms with Gasteiger partial charge in [-0.25, -0.2) is 9.59 Å². The number of esters is 3. The van der Waals surface area contributed by atoms with Crippen molar-refractivity contribution in [3.63, 3.8) is 0 Å². The minimum atomic E-state index is -1.19. The third-order valence-electron chi connectivity index (χ3n) is 7.99. The summed E-state index contributed by atoms with van der Waals surface area (Å²) in [6.07, 6.45) is 0.295. The fourth-order valence-electron chi connectivity index (χ4n) is 5.18. The molecule has 0 fully saturated rings. The molecule has 13 nitrogen and oxygen atoms in total. The molecule has 0 saturated carbocycles. The molecule has 0 aliphatic heterocycles. The molecular formula is C40H45NO12. The van der Waals surface area contributed by atoms with Crippen molar-refractivity contribution in [1.82, 2.24) is 4.90 Å². The van der Waals surface area contributed by atoms with Gasteiger partial charge in [0.15, 0.2) is 0 Å². The van der Waals surface area contributed by atoms with Gasteiger partial charge in [-0.1, -0.05) is 62.5 Å². The van der Waals surface area contributed by atoms with Gasteiger partial charge in [0.2, 0.25) is 0 Å². The van der Waals surface area contributed by atoms with Gasteiger partial charge >= 0.3 is 29.8 Å². The Labute approximate surface area is 308 Å². The SMILES string of the molecule is C=C(C)C(=O)OCCOc1ccc(C(C)(CCC(=O)Oc2ccccc2CN(CC(=O)O)CC(=O)O)c2ccc(OCCOC(=O)C(=C)C)cc2)cc1. The Hall–Kier alpha value is -5.95. The van der Waals surface area contributed by atoms with E-state index < -0.39 is 48.4 Å². The third-order valence-corrected chi connectivity index (χ3v) is 7.99. The summed E-state index contributed by atoms with van der Waals surface area (Å²) in [5.74, 6) is -2.61. The van der Waals surface area contributed by atoms with Crippen LogP contribution in [0.2, 0.25) is 0 Å². The smallest absolute Gasteiger partial charge is 0.333 e. The van der Waals surface area contributed by atoms with Gasteiger partial charge in [0.25, 0.3) is 0 Å². The standard InChI is InChI=1S/C40H45NO12/c1-27(2)38(47)51-22-20-49-32-14-10-30(11-15-32)40(5,31-12-16-33(17-13-31)50-21-23-52-39(48)28(3)4)19-18-37(46)53-34-9-7-6-8-29(34)24-41(25-35(42)43)26-36(44)45/h6-17H,1,3,18-26H2,2,4-5H3,(H,42,43)(H,44,45). The average molecular weight is 732 g/mol. The van der Waals surface area contributed by atoms with Crippen LogP contribution in [-0.4, -0.2) is 84.5 Å². The van der Waals surface area contributed by atoms with E-state index >= 15 is 0 Å². The van der Waals surface area contributed by atoms with E-state index in [-0.39, 0.29) is 45.1 Å². The molecule has 0 atom stereocenters. The molecular weight excluding hydrogens is 686 g/mol. The van der Waals surface area contributed by atoms with E-state index in [0.29, 0.717) is 34.6 Å². The molecule has 2 N–H and O–H groups in total. The van der Waals surface area contributed by atoms with Crippen LogP contribution in [0, 0.1) is 0 Å². The summed E-state index contributed by atoms with van der Waals surface area (Å²) in [6.45, 7) is 11.5. The summed E-state index contributed by atoms with van der Waals surface area (Å²) in [5.41, 5.74) is 2.06. The number of aliphatic carboxylic acids is 2. The number of carbonyl (C=O) groups is 5. The van der Waals surface area contributed by atoms with E-state index in [1.807, 2.05) is 31.2 Å². The predicted molar refractivity (Wildman–Crippen MR) is 194 cm³/mol. The first-order chi connectivity index (χ1) is 25.2. The number of hydrogen-bond donors (Lipinski definition) is 2. The maximum Gasteiger partial charge on any atom is 0.333 e. The Morgan fingerprint density at radius 2 is 1.13 bits per heavy atom. The fraction of sp³-hybridized carbons (Fsp3) is 0.325. The van der Waals surface area contributed by atoms with Gasteiger partial charge in [-0.3, -0.25) is 19.3 Å². The Morgan fingerprint density at radius 3 is 1.57 bits per heavy atom. The van der Waals surface area contributed by atoms with Gasteiger partial charge in [0, 0.05) is 35.1 Å². The molecule has 0 unspecified atom stereocenters. The van der Waals surface area contributed by atoms with E-state index in [9.17, 15) is 34.2 Å². The van der Waals surface area contributed by atoms with Crippen molar-refractivity contribution in [2.75, 3.05) is 39.5 Å². The molecule has 282 valence electrons. The second-order valence-corrected chi connectivity index (χ2v) is 12.4. The molecule has 3 aromatic rings. The number of carbonyl (C=O) groups excluding carboxylic acids is 3. The molecule has 3 rings (SSSR count). The van der Waals surface area contributed by atoms with Crippen molar-refractivity contribution in [3.05, 3.63) is 114 Å². The topological polar surface area (TPSA) is 175 Å². The lowest BCUT2D eigenvalue weighted by atomic mass is 9.73. The van der Waals surface area contributed by atoms with Crippen molar-refractivity contribution >= 4 is 29.8 Å². The Kier molecular flexibility index (Phi) is 15.8. The van der Waals surface area contributed by atoms with Crippen molar-refractivity contribution in [2.24, 2.45) is 0 Å². The lowest BCUT2D eigenvalue weighted by molar-refractivity contribution is -0.143. The zero-order valence-electron chi connectivity index (χ0n) is 30.1. The highest BCUT2D eigenvalue weighted by atomic mass is 16.6. The summed E-state index contributed by atoms with van der Waals surface area (Å²) in [6, 6.07) is 21.2. The second-order valence-electron chi connectivity index (χ2n) is 12.4. The van der Waals surface area contributed by atoms with Crippen LogP contribution < -0.4 is 14.2 Å². The number of ether oxygens (including phenoxy) is 5. The quantitative estimate of drug-likeness (QED) is 0.0587. The average Bonchev–Trinajstić information content (AvgIpc) is 3.11. The van der Waals surface area contributed by atoms with E-state index in [1.165, 1.54) is 4.90 Å². The van der Waals surface area contributed by atoms with Crippen LogP contribution in [0.15, 0.2) is 97.1 Å². The molecule has 0 spiro atoms. The largest absolute Gasteiger partial charge is 0.490 e. The molecule has 0 radical (unpaired) electrons. The highest BCUT2D eigenvalue weighted by molar-refractivity contribution is 5.87. The molecule has 0 aromatic heterocycles. The Balaban J connectivity index is 1.78. The minimum Gasteiger partial charge on any atom is -0.490 e. The number of nitrogens with zero attached hydrogens (tertiary/aromatic N) is 1. The van der Waals surface area contributed by atoms with Crippen LogP contribution in [0.25, 0.3) is 0 Å². The van der Waals surface area contributed by atoms with Gasteiger partial charge < -0.3 is 33.9 Å². The molecule has 0 heterocycles. The summed E-state index contributed by atoms with van der Waals surface area (Å²) in [4.78, 5) is 60.5. The molecule has 13 heteroatoms. The molecule has 53 heavy (non-hydrogen) atoms. The summed E-state index contributed by atoms with van der Waals surface area (Å²) >= 11 is 0. The number of benzene rings is 3. The lowest BCUT2D eigenvalue weighted by Gasteiger charge is -2.31. The van der Waals surface area contributed by atoms with E-state index in [1.54, 1.807) is 62.4 Å². The van der Waals surface area contributed by atoms with E-state index in [0.717, 1.165) is 11.1 Å². The van der Waals surface area contributed by atoms with Crippen LogP contribution in [0.4, 0.5) is 0 Å². The number of carboxylic acid groups (broad SMARTS) is 2. The maximum absolute atomic E-state index is 13.4. The molecule has 0 amide bonds. The van der Waals surface area contributed by atoms with Gasteiger partial charge in [-0.05, 0) is 61.7 Å². The number of carboxylic acids is 2. The molecule has 0 saturated heterocycles. The monoisotopic (exact) mass is 731 g/mol. The third kappa shape index (κ3) is 13.6. The van der Waals surface area contributed by atoms with Crippen molar-refractivity contribution in [3.8, 4) is 17.2 Å². The molecule has 0 aliphatic carbocycles. The van der Waals surface area contributed by atoms with Crippen molar-refractivity contribution in [1.29, 1.82) is 0 Å². The Morgan fingerprint density at radius 1 is 0.679 bits per heavy atom. The summed E-state index contributed by atoms with van der Waals surface area (Å²) in [7, 11) is 0. The second kappa shape index (κ2) is 20.2. The minimum absolute atomic E-state index is 0.0164. The maximum atomic E-state index is 13.4. The summed E-state index contributed by atoms with van der Waals surface area (Å²) < 4.78 is 27.4. The van der Waals surface area contributed by atoms with Crippen LogP contribution >= 0.6 is 0 Å². The highest BCUT2D eigenvalue weighted by Crippen LogP contribution is 2.38. The van der Waals surface area contributed by atoms with Gasteiger partial charge in [0.1, 0.15) is 43.7 Å². The lowest BCUT2D eigenvalue weighted by Crippen LogP contribution is -2.34. The van der Waals surface area contributed by atoms with Gasteiger partial charge in [0.05, 0.1) is 13.1 Å². The fourth-order valence-corrected chi connectivity index (χ4v) is 5.18. The van der Waals surface area contributed by atoms with Crippen molar-refractivity contribution < 1.29 is 57.9 Å². The highest BCUT2D eigenvalue weighted by Gasteiger charge is 2.30. The number of rotatable bonds is 22. The van der Waals surface area contributed by atoms with Crippen LogP contribution in [0.3, 0.4) is 0 Å². The molecule has 0 bridgehead atoms. The van der Waals surface area contributed by atoms with Gasteiger partial charge in [-0.15, -0.1) is 0 Å². The van der Waals surface area contributed by atoms with Crippen LogP contribution in [-0.2, 0) is 45.4 Å². The number of para-hydroxylation sites is 1. The zero-order valence-corrected chi connectivity index (χ0v) is 30.1. The van der Waals surface area contributed by atoms with E-state index in [2.05, 4.69) is 13.2 Å².